The van der Waals surface area contributed by atoms with Gasteiger partial charge in [0.05, 0.1) is 13.2 Å². The van der Waals surface area contributed by atoms with Crippen molar-refractivity contribution in [2.24, 2.45) is 0 Å². The van der Waals surface area contributed by atoms with E-state index in [4.69, 9.17) is 4.74 Å². The molecular weight excluding hydrogens is 317 g/mol. The SMILES string of the molecule is CC(C)(NC1CCN(CCN2CCOCC2)CC1)c1ccc(F)cc1. The van der Waals surface area contributed by atoms with Crippen LogP contribution >= 0.6 is 0 Å². The van der Waals surface area contributed by atoms with Crippen molar-refractivity contribution in [1.82, 2.24) is 15.1 Å². The van der Waals surface area contributed by atoms with E-state index < -0.39 is 0 Å². The topological polar surface area (TPSA) is 27.7 Å². The number of morpholine rings is 1. The molecule has 5 heteroatoms. The third-order valence-electron chi connectivity index (χ3n) is 5.55. The van der Waals surface area contributed by atoms with Crippen LogP contribution in [0.3, 0.4) is 0 Å². The van der Waals surface area contributed by atoms with Crippen LogP contribution in [-0.2, 0) is 10.3 Å². The number of piperidine rings is 1. The van der Waals surface area contributed by atoms with E-state index in [1.165, 1.54) is 12.8 Å². The van der Waals surface area contributed by atoms with E-state index in [9.17, 15) is 4.39 Å². The molecule has 1 aromatic carbocycles. The third-order valence-corrected chi connectivity index (χ3v) is 5.55. The molecule has 2 aliphatic rings. The third kappa shape index (κ3) is 5.48. The summed E-state index contributed by atoms with van der Waals surface area (Å²) in [6.07, 6.45) is 2.35. The largest absolute Gasteiger partial charge is 0.379 e. The van der Waals surface area contributed by atoms with E-state index in [-0.39, 0.29) is 11.4 Å². The van der Waals surface area contributed by atoms with E-state index in [0.717, 1.165) is 58.0 Å². The van der Waals surface area contributed by atoms with Crippen molar-refractivity contribution in [3.63, 3.8) is 0 Å². The number of ether oxygens (including phenoxy) is 1. The molecule has 1 aromatic rings. The van der Waals surface area contributed by atoms with E-state index in [0.29, 0.717) is 6.04 Å². The molecule has 25 heavy (non-hydrogen) atoms. The Hall–Kier alpha value is -1.01. The number of halogens is 1. The van der Waals surface area contributed by atoms with E-state index in [1.807, 2.05) is 12.1 Å². The van der Waals surface area contributed by atoms with Gasteiger partial charge in [-0.3, -0.25) is 4.90 Å². The van der Waals surface area contributed by atoms with Crippen molar-refractivity contribution < 1.29 is 9.13 Å². The van der Waals surface area contributed by atoms with Crippen molar-refractivity contribution in [2.75, 3.05) is 52.5 Å². The zero-order valence-corrected chi connectivity index (χ0v) is 15.6. The van der Waals surface area contributed by atoms with Crippen molar-refractivity contribution in [2.45, 2.75) is 38.3 Å². The molecule has 140 valence electrons. The van der Waals surface area contributed by atoms with E-state index >= 15 is 0 Å². The van der Waals surface area contributed by atoms with Crippen LogP contribution in [0, 0.1) is 5.82 Å². The minimum atomic E-state index is -0.173. The summed E-state index contributed by atoms with van der Waals surface area (Å²) in [6, 6.07) is 7.40. The molecule has 2 heterocycles. The van der Waals surface area contributed by atoms with Gasteiger partial charge in [0, 0.05) is 37.8 Å². The number of benzene rings is 1. The highest BCUT2D eigenvalue weighted by Crippen LogP contribution is 2.23. The van der Waals surface area contributed by atoms with Gasteiger partial charge in [-0.15, -0.1) is 0 Å². The van der Waals surface area contributed by atoms with Crippen LogP contribution in [0.4, 0.5) is 4.39 Å². The molecule has 2 saturated heterocycles. The normalized spacial score (nSPS) is 21.6. The van der Waals surface area contributed by atoms with Gasteiger partial charge < -0.3 is 15.0 Å². The first-order valence-corrected chi connectivity index (χ1v) is 9.59. The summed E-state index contributed by atoms with van der Waals surface area (Å²) in [4.78, 5) is 5.09. The number of nitrogens with one attached hydrogen (secondary N) is 1. The van der Waals surface area contributed by atoms with Crippen LogP contribution in [0.25, 0.3) is 0 Å². The van der Waals surface area contributed by atoms with Gasteiger partial charge >= 0.3 is 0 Å². The Balaban J connectivity index is 1.41. The fourth-order valence-electron chi connectivity index (χ4n) is 3.87. The van der Waals surface area contributed by atoms with Gasteiger partial charge in [0.25, 0.3) is 0 Å². The molecule has 0 spiro atoms. The summed E-state index contributed by atoms with van der Waals surface area (Å²) in [5, 5.41) is 3.78. The molecule has 0 radical (unpaired) electrons. The molecule has 0 aromatic heterocycles. The Morgan fingerprint density at radius 3 is 2.16 bits per heavy atom. The van der Waals surface area contributed by atoms with Gasteiger partial charge in [-0.25, -0.2) is 4.39 Å². The zero-order chi connectivity index (χ0) is 17.7. The quantitative estimate of drug-likeness (QED) is 0.854. The van der Waals surface area contributed by atoms with Gasteiger partial charge in [-0.05, 0) is 57.5 Å². The van der Waals surface area contributed by atoms with Crippen LogP contribution in [0.1, 0.15) is 32.3 Å². The first-order valence-electron chi connectivity index (χ1n) is 9.59. The Kier molecular flexibility index (Phi) is 6.44. The average molecular weight is 349 g/mol. The summed E-state index contributed by atoms with van der Waals surface area (Å²) in [5.41, 5.74) is 1.01. The maximum Gasteiger partial charge on any atom is 0.123 e. The standard InChI is InChI=1S/C20H32FN3O/c1-20(2,17-3-5-18(21)6-4-17)22-19-7-9-23(10-8-19)11-12-24-13-15-25-16-14-24/h3-6,19,22H,7-16H2,1-2H3. The van der Waals surface area contributed by atoms with E-state index in [2.05, 4.69) is 29.0 Å². The summed E-state index contributed by atoms with van der Waals surface area (Å²) >= 11 is 0. The van der Waals surface area contributed by atoms with Crippen molar-refractivity contribution in [3.05, 3.63) is 35.6 Å². The lowest BCUT2D eigenvalue weighted by Crippen LogP contribution is -2.50. The highest BCUT2D eigenvalue weighted by Gasteiger charge is 2.27. The average Bonchev–Trinajstić information content (AvgIpc) is 2.62. The molecule has 3 rings (SSSR count). The van der Waals surface area contributed by atoms with Crippen LogP contribution in [0.5, 0.6) is 0 Å². The second-order valence-electron chi connectivity index (χ2n) is 7.85. The van der Waals surface area contributed by atoms with Gasteiger partial charge in [0.15, 0.2) is 0 Å². The smallest absolute Gasteiger partial charge is 0.123 e. The molecule has 0 amide bonds. The first kappa shape index (κ1) is 18.8. The van der Waals surface area contributed by atoms with Gasteiger partial charge in [-0.2, -0.15) is 0 Å². The lowest BCUT2D eigenvalue weighted by Gasteiger charge is -2.38. The van der Waals surface area contributed by atoms with Crippen LogP contribution in [0.15, 0.2) is 24.3 Å². The molecule has 0 bridgehead atoms. The maximum atomic E-state index is 13.1. The van der Waals surface area contributed by atoms with Crippen LogP contribution < -0.4 is 5.32 Å². The number of nitrogens with zero attached hydrogens (tertiary/aromatic N) is 2. The van der Waals surface area contributed by atoms with Gasteiger partial charge in [0.2, 0.25) is 0 Å². The van der Waals surface area contributed by atoms with E-state index in [1.54, 1.807) is 12.1 Å². The second-order valence-corrected chi connectivity index (χ2v) is 7.85. The molecule has 1 N–H and O–H groups in total. The molecule has 0 aliphatic carbocycles. The zero-order valence-electron chi connectivity index (χ0n) is 15.6. The highest BCUT2D eigenvalue weighted by molar-refractivity contribution is 5.23. The molecule has 0 unspecified atom stereocenters. The van der Waals surface area contributed by atoms with Crippen molar-refractivity contribution in [3.8, 4) is 0 Å². The Labute approximate surface area is 151 Å². The molecule has 0 saturated carbocycles. The van der Waals surface area contributed by atoms with Gasteiger partial charge in [-0.1, -0.05) is 12.1 Å². The molecule has 2 aliphatic heterocycles. The molecule has 2 fully saturated rings. The first-order chi connectivity index (χ1) is 12.0. The summed E-state index contributed by atoms with van der Waals surface area (Å²) in [5.74, 6) is -0.173. The van der Waals surface area contributed by atoms with Crippen LogP contribution in [-0.4, -0.2) is 68.3 Å². The van der Waals surface area contributed by atoms with Crippen molar-refractivity contribution >= 4 is 0 Å². The lowest BCUT2D eigenvalue weighted by molar-refractivity contribution is 0.0316. The van der Waals surface area contributed by atoms with Crippen LogP contribution in [0.2, 0.25) is 0 Å². The lowest BCUT2D eigenvalue weighted by atomic mass is 9.91. The summed E-state index contributed by atoms with van der Waals surface area (Å²) in [6.45, 7) is 12.9. The van der Waals surface area contributed by atoms with Gasteiger partial charge in [0.1, 0.15) is 5.82 Å². The predicted octanol–water partition coefficient (Wildman–Crippen LogP) is 2.45. The Morgan fingerprint density at radius 2 is 1.56 bits per heavy atom. The maximum absolute atomic E-state index is 13.1. The number of hydrogen-bond donors (Lipinski definition) is 1. The summed E-state index contributed by atoms with van der Waals surface area (Å²) in [7, 11) is 0. The molecule has 4 nitrogen and oxygen atoms in total. The number of rotatable bonds is 6. The Morgan fingerprint density at radius 1 is 1.00 bits per heavy atom. The highest BCUT2D eigenvalue weighted by atomic mass is 19.1. The Bertz CT molecular complexity index is 520. The summed E-state index contributed by atoms with van der Waals surface area (Å²) < 4.78 is 18.6. The monoisotopic (exact) mass is 349 g/mol. The molecule has 0 atom stereocenters. The number of hydrogen-bond acceptors (Lipinski definition) is 4. The predicted molar refractivity (Wildman–Crippen MR) is 99.3 cm³/mol. The minimum absolute atomic E-state index is 0.131. The fourth-order valence-corrected chi connectivity index (χ4v) is 3.87. The fraction of sp³-hybridized carbons (Fsp3) is 0.700. The second kappa shape index (κ2) is 8.58. The minimum Gasteiger partial charge on any atom is -0.379 e. The number of likely N-dealkylation sites (tertiary alicyclic amines) is 1. The van der Waals surface area contributed by atoms with Crippen molar-refractivity contribution in [1.29, 1.82) is 0 Å². The molecular formula is C20H32FN3O.